The average Bonchev–Trinajstić information content (AvgIpc) is 2.05. The quantitative estimate of drug-likeness (QED) is 0.681. The van der Waals surface area contributed by atoms with E-state index < -0.39 is 0 Å². The van der Waals surface area contributed by atoms with Crippen LogP contribution in [-0.2, 0) is 0 Å². The molecule has 0 saturated heterocycles. The summed E-state index contributed by atoms with van der Waals surface area (Å²) in [5, 5.41) is 0. The minimum absolute atomic E-state index is 1.07. The molecule has 0 spiro atoms. The molecule has 0 atom stereocenters. The maximum absolute atomic E-state index is 4.42. The van der Waals surface area contributed by atoms with Gasteiger partial charge in [0, 0.05) is 19.3 Å². The summed E-state index contributed by atoms with van der Waals surface area (Å²) in [6.07, 6.45) is 1.16. The lowest BCUT2D eigenvalue weighted by Gasteiger charge is -2.16. The molecule has 12 heavy (non-hydrogen) atoms. The summed E-state index contributed by atoms with van der Waals surface area (Å²) in [4.78, 5) is 6.59. The van der Waals surface area contributed by atoms with Crippen molar-refractivity contribution in [2.45, 2.75) is 20.3 Å². The van der Waals surface area contributed by atoms with E-state index in [0.29, 0.717) is 0 Å². The molecule has 0 aliphatic rings. The molecule has 0 bridgehead atoms. The van der Waals surface area contributed by atoms with Crippen LogP contribution in [0, 0.1) is 6.92 Å². The number of rotatable bonds is 3. The van der Waals surface area contributed by atoms with Crippen LogP contribution in [0.3, 0.4) is 0 Å². The highest BCUT2D eigenvalue weighted by molar-refractivity contribution is 5.37. The summed E-state index contributed by atoms with van der Waals surface area (Å²) < 4.78 is 0. The molecule has 66 valence electrons. The number of anilines is 1. The maximum Gasteiger partial charge on any atom is 0.128 e. The van der Waals surface area contributed by atoms with Crippen molar-refractivity contribution in [1.29, 1.82) is 0 Å². The molecule has 0 fully saturated rings. The standard InChI is InChI=1S/C10H16N2/c1-4-8-12(3)10-7-5-6-9(2)11-10/h5-7H,4,8H2,1-3H3. The zero-order valence-corrected chi connectivity index (χ0v) is 8.04. The minimum Gasteiger partial charge on any atom is -0.360 e. The van der Waals surface area contributed by atoms with Crippen LogP contribution in [0.25, 0.3) is 0 Å². The number of nitrogens with zero attached hydrogens (tertiary/aromatic N) is 2. The van der Waals surface area contributed by atoms with Gasteiger partial charge in [-0.15, -0.1) is 0 Å². The van der Waals surface area contributed by atoms with E-state index in [4.69, 9.17) is 0 Å². The molecule has 1 aromatic heterocycles. The predicted molar refractivity (Wildman–Crippen MR) is 52.5 cm³/mol. The molecular weight excluding hydrogens is 148 g/mol. The number of hydrogen-bond acceptors (Lipinski definition) is 2. The van der Waals surface area contributed by atoms with Crippen LogP contribution in [0.2, 0.25) is 0 Å². The zero-order valence-electron chi connectivity index (χ0n) is 8.04. The van der Waals surface area contributed by atoms with Gasteiger partial charge in [0.2, 0.25) is 0 Å². The van der Waals surface area contributed by atoms with Crippen LogP contribution in [0.1, 0.15) is 19.0 Å². The number of hydrogen-bond donors (Lipinski definition) is 0. The number of aromatic nitrogens is 1. The second-order valence-corrected chi connectivity index (χ2v) is 3.06. The van der Waals surface area contributed by atoms with E-state index in [2.05, 4.69) is 23.9 Å². The third-order valence-electron chi connectivity index (χ3n) is 1.82. The predicted octanol–water partition coefficient (Wildman–Crippen LogP) is 2.24. The molecule has 0 aromatic carbocycles. The SMILES string of the molecule is CCCN(C)c1cccc(C)n1. The first-order valence-electron chi connectivity index (χ1n) is 4.39. The summed E-state index contributed by atoms with van der Waals surface area (Å²) in [5.74, 6) is 1.07. The van der Waals surface area contributed by atoms with Gasteiger partial charge in [0.25, 0.3) is 0 Å². The minimum atomic E-state index is 1.07. The van der Waals surface area contributed by atoms with Gasteiger partial charge in [-0.3, -0.25) is 0 Å². The fraction of sp³-hybridized carbons (Fsp3) is 0.500. The summed E-state index contributed by atoms with van der Waals surface area (Å²) in [5.41, 5.74) is 1.08. The van der Waals surface area contributed by atoms with Crippen LogP contribution in [0.15, 0.2) is 18.2 Å². The first-order chi connectivity index (χ1) is 5.74. The van der Waals surface area contributed by atoms with E-state index in [9.17, 15) is 0 Å². The highest BCUT2D eigenvalue weighted by Gasteiger charge is 1.99. The molecule has 0 saturated carbocycles. The molecular formula is C10H16N2. The normalized spacial score (nSPS) is 9.92. The van der Waals surface area contributed by atoms with Crippen molar-refractivity contribution < 1.29 is 0 Å². The lowest BCUT2D eigenvalue weighted by atomic mass is 10.3. The second-order valence-electron chi connectivity index (χ2n) is 3.06. The molecule has 0 aliphatic heterocycles. The fourth-order valence-electron chi connectivity index (χ4n) is 1.19. The smallest absolute Gasteiger partial charge is 0.128 e. The van der Waals surface area contributed by atoms with E-state index in [0.717, 1.165) is 24.5 Å². The summed E-state index contributed by atoms with van der Waals surface area (Å²) in [6.45, 7) is 5.26. The third-order valence-corrected chi connectivity index (χ3v) is 1.82. The number of pyridine rings is 1. The third kappa shape index (κ3) is 2.22. The lowest BCUT2D eigenvalue weighted by molar-refractivity contribution is 0.835. The highest BCUT2D eigenvalue weighted by Crippen LogP contribution is 2.08. The summed E-state index contributed by atoms with van der Waals surface area (Å²) in [6, 6.07) is 6.11. The first kappa shape index (κ1) is 9.04. The van der Waals surface area contributed by atoms with Crippen LogP contribution in [-0.4, -0.2) is 18.6 Å². The largest absolute Gasteiger partial charge is 0.360 e. The molecule has 1 rings (SSSR count). The summed E-state index contributed by atoms with van der Waals surface area (Å²) >= 11 is 0. The van der Waals surface area contributed by atoms with Crippen molar-refractivity contribution in [2.75, 3.05) is 18.5 Å². The van der Waals surface area contributed by atoms with Crippen molar-refractivity contribution in [3.05, 3.63) is 23.9 Å². The first-order valence-corrected chi connectivity index (χ1v) is 4.39. The Morgan fingerprint density at radius 1 is 1.42 bits per heavy atom. The van der Waals surface area contributed by atoms with Crippen molar-refractivity contribution in [3.8, 4) is 0 Å². The van der Waals surface area contributed by atoms with Gasteiger partial charge < -0.3 is 4.90 Å². The van der Waals surface area contributed by atoms with Crippen LogP contribution in [0.5, 0.6) is 0 Å². The van der Waals surface area contributed by atoms with Crippen molar-refractivity contribution >= 4 is 5.82 Å². The topological polar surface area (TPSA) is 16.1 Å². The van der Waals surface area contributed by atoms with E-state index in [1.54, 1.807) is 0 Å². The van der Waals surface area contributed by atoms with Gasteiger partial charge in [-0.2, -0.15) is 0 Å². The Balaban J connectivity index is 2.73. The van der Waals surface area contributed by atoms with E-state index >= 15 is 0 Å². The van der Waals surface area contributed by atoms with Gasteiger partial charge in [-0.25, -0.2) is 4.98 Å². The van der Waals surface area contributed by atoms with Gasteiger partial charge in [0.05, 0.1) is 0 Å². The Bertz CT molecular complexity index is 245. The van der Waals surface area contributed by atoms with Crippen LogP contribution >= 0.6 is 0 Å². The number of aryl methyl sites for hydroxylation is 1. The molecule has 1 aromatic rings. The van der Waals surface area contributed by atoms with E-state index in [1.807, 2.05) is 25.1 Å². The molecule has 0 N–H and O–H groups in total. The second kappa shape index (κ2) is 4.10. The molecule has 2 nitrogen and oxygen atoms in total. The fourth-order valence-corrected chi connectivity index (χ4v) is 1.19. The average molecular weight is 164 g/mol. The van der Waals surface area contributed by atoms with E-state index in [-0.39, 0.29) is 0 Å². The Hall–Kier alpha value is -1.05. The molecule has 0 unspecified atom stereocenters. The van der Waals surface area contributed by atoms with Gasteiger partial charge in [-0.1, -0.05) is 13.0 Å². The molecule has 0 amide bonds. The van der Waals surface area contributed by atoms with E-state index in [1.165, 1.54) is 0 Å². The monoisotopic (exact) mass is 164 g/mol. The highest BCUT2D eigenvalue weighted by atomic mass is 15.2. The van der Waals surface area contributed by atoms with Crippen LogP contribution < -0.4 is 4.90 Å². The van der Waals surface area contributed by atoms with Gasteiger partial charge >= 0.3 is 0 Å². The Morgan fingerprint density at radius 3 is 2.75 bits per heavy atom. The van der Waals surface area contributed by atoms with Crippen LogP contribution in [0.4, 0.5) is 5.82 Å². The Morgan fingerprint density at radius 2 is 2.17 bits per heavy atom. The molecule has 1 heterocycles. The molecule has 0 aliphatic carbocycles. The van der Waals surface area contributed by atoms with Crippen molar-refractivity contribution in [3.63, 3.8) is 0 Å². The van der Waals surface area contributed by atoms with Crippen molar-refractivity contribution in [2.24, 2.45) is 0 Å². The maximum atomic E-state index is 4.42. The lowest BCUT2D eigenvalue weighted by Crippen LogP contribution is -2.18. The zero-order chi connectivity index (χ0) is 8.97. The molecule has 2 heteroatoms. The summed E-state index contributed by atoms with van der Waals surface area (Å²) in [7, 11) is 2.07. The Kier molecular flexibility index (Phi) is 3.09. The Labute approximate surface area is 74.2 Å². The van der Waals surface area contributed by atoms with Gasteiger partial charge in [0.1, 0.15) is 5.82 Å². The van der Waals surface area contributed by atoms with Gasteiger partial charge in [-0.05, 0) is 25.5 Å². The van der Waals surface area contributed by atoms with Crippen molar-refractivity contribution in [1.82, 2.24) is 4.98 Å². The molecule has 0 radical (unpaired) electrons. The van der Waals surface area contributed by atoms with Gasteiger partial charge in [0.15, 0.2) is 0 Å².